The molecule has 0 saturated heterocycles. The Morgan fingerprint density at radius 3 is 2.28 bits per heavy atom. The van der Waals surface area contributed by atoms with Gasteiger partial charge in [-0.3, -0.25) is 4.79 Å². The second-order valence-electron chi connectivity index (χ2n) is 9.51. The van der Waals surface area contributed by atoms with Crippen LogP contribution < -0.4 is 10.1 Å². The standard InChI is InChI=1S/C32H34Cl2N4O5/c1-20-16-25(27(17-21(20)2)31(38-41-6)32(39)35-4)19-43-36-22(3)30(37-40-5)24-11-9-23(10-12-24)8-7-15-42-29-14-13-26(33)18-28(29)34/h9-14,18H,15-17,19H2,1-6H3,(H,35,39). The number of rotatable bonds is 11. The van der Waals surface area contributed by atoms with Crippen LogP contribution >= 0.6 is 23.2 Å². The number of benzene rings is 2. The first kappa shape index (κ1) is 33.2. The Labute approximate surface area is 262 Å². The van der Waals surface area contributed by atoms with Gasteiger partial charge in [-0.1, -0.05) is 73.8 Å². The lowest BCUT2D eigenvalue weighted by atomic mass is 9.85. The number of hydrogen-bond acceptors (Lipinski definition) is 8. The van der Waals surface area contributed by atoms with Crippen molar-refractivity contribution in [1.82, 2.24) is 5.32 Å². The highest BCUT2D eigenvalue weighted by molar-refractivity contribution is 6.47. The second kappa shape index (κ2) is 16.4. The summed E-state index contributed by atoms with van der Waals surface area (Å²) in [5.41, 5.74) is 6.83. The number of allylic oxidation sites excluding steroid dienone is 2. The summed E-state index contributed by atoms with van der Waals surface area (Å²) in [5, 5.41) is 16.0. The number of nitrogens with zero attached hydrogens (tertiary/aromatic N) is 3. The lowest BCUT2D eigenvalue weighted by molar-refractivity contribution is -0.114. The minimum absolute atomic E-state index is 0.162. The summed E-state index contributed by atoms with van der Waals surface area (Å²) in [6.45, 7) is 6.21. The molecule has 0 saturated carbocycles. The highest BCUT2D eigenvalue weighted by atomic mass is 35.5. The van der Waals surface area contributed by atoms with Gasteiger partial charge in [0.15, 0.2) is 5.71 Å². The monoisotopic (exact) mass is 624 g/mol. The third-order valence-electron chi connectivity index (χ3n) is 6.54. The van der Waals surface area contributed by atoms with Gasteiger partial charge in [0.05, 0.1) is 5.02 Å². The molecule has 11 heteroatoms. The minimum atomic E-state index is -0.331. The van der Waals surface area contributed by atoms with Gasteiger partial charge in [0.25, 0.3) is 5.91 Å². The largest absolute Gasteiger partial charge is 0.479 e. The molecule has 1 N–H and O–H groups in total. The Bertz CT molecular complexity index is 1550. The molecule has 0 bridgehead atoms. The van der Waals surface area contributed by atoms with Gasteiger partial charge >= 0.3 is 0 Å². The fourth-order valence-corrected chi connectivity index (χ4v) is 4.64. The lowest BCUT2D eigenvalue weighted by Crippen LogP contribution is -2.31. The van der Waals surface area contributed by atoms with Crippen LogP contribution in [0.5, 0.6) is 5.75 Å². The number of nitrogens with one attached hydrogen (secondary N) is 1. The van der Waals surface area contributed by atoms with E-state index in [0.717, 1.165) is 22.3 Å². The van der Waals surface area contributed by atoms with Gasteiger partial charge in [0.1, 0.15) is 44.6 Å². The Hall–Kier alpha value is -4.26. The van der Waals surface area contributed by atoms with Gasteiger partial charge in [0.2, 0.25) is 0 Å². The summed E-state index contributed by atoms with van der Waals surface area (Å²) in [7, 11) is 4.43. The molecule has 0 heterocycles. The van der Waals surface area contributed by atoms with Crippen LogP contribution in [0.15, 0.2) is 80.2 Å². The van der Waals surface area contributed by atoms with Crippen molar-refractivity contribution in [3.8, 4) is 17.6 Å². The summed E-state index contributed by atoms with van der Waals surface area (Å²) in [5.74, 6) is 6.21. The molecule has 9 nitrogen and oxygen atoms in total. The SMILES string of the molecule is CNC(=O)C(=NOC)C1=C(CON=C(C)C(=NOC)c2ccc(C#CCOc3ccc(Cl)cc3Cl)cc2)CC(C)=C(C)C1. The molecule has 2 aromatic carbocycles. The number of carbonyl (C=O) groups is 1. The van der Waals surface area contributed by atoms with Crippen molar-refractivity contribution < 1.29 is 24.0 Å². The maximum Gasteiger partial charge on any atom is 0.273 e. The molecule has 1 aliphatic rings. The van der Waals surface area contributed by atoms with Crippen LogP contribution in [-0.2, 0) is 19.3 Å². The van der Waals surface area contributed by atoms with E-state index in [1.807, 2.05) is 31.2 Å². The predicted octanol–water partition coefficient (Wildman–Crippen LogP) is 6.34. The molecule has 2 aromatic rings. The molecule has 1 aliphatic carbocycles. The Kier molecular flexibility index (Phi) is 12.7. The lowest BCUT2D eigenvalue weighted by Gasteiger charge is -2.22. The Morgan fingerprint density at radius 2 is 1.63 bits per heavy atom. The van der Waals surface area contributed by atoms with Crippen LogP contribution in [0.1, 0.15) is 44.7 Å². The van der Waals surface area contributed by atoms with Crippen LogP contribution in [0.25, 0.3) is 0 Å². The molecule has 0 unspecified atom stereocenters. The third kappa shape index (κ3) is 9.37. The minimum Gasteiger partial charge on any atom is -0.479 e. The van der Waals surface area contributed by atoms with Gasteiger partial charge < -0.3 is 24.6 Å². The van der Waals surface area contributed by atoms with Crippen molar-refractivity contribution >= 4 is 46.2 Å². The van der Waals surface area contributed by atoms with Crippen molar-refractivity contribution in [2.75, 3.05) is 34.5 Å². The number of carbonyl (C=O) groups excluding carboxylic acids is 1. The summed E-state index contributed by atoms with van der Waals surface area (Å²) in [6, 6.07) is 12.5. The summed E-state index contributed by atoms with van der Waals surface area (Å²) in [6.07, 6.45) is 1.20. The first-order chi connectivity index (χ1) is 20.7. The zero-order valence-electron chi connectivity index (χ0n) is 25.0. The fourth-order valence-electron chi connectivity index (χ4n) is 4.18. The first-order valence-electron chi connectivity index (χ1n) is 13.3. The molecule has 0 atom stereocenters. The molecule has 43 heavy (non-hydrogen) atoms. The Balaban J connectivity index is 1.71. The zero-order valence-corrected chi connectivity index (χ0v) is 26.5. The van der Waals surface area contributed by atoms with Gasteiger partial charge in [-0.05, 0) is 75.1 Å². The van der Waals surface area contributed by atoms with Crippen LogP contribution in [0, 0.1) is 11.8 Å². The highest BCUT2D eigenvalue weighted by Crippen LogP contribution is 2.31. The third-order valence-corrected chi connectivity index (χ3v) is 7.07. The molecule has 226 valence electrons. The van der Waals surface area contributed by atoms with E-state index in [1.165, 1.54) is 25.4 Å². The van der Waals surface area contributed by atoms with Crippen LogP contribution in [0.2, 0.25) is 10.0 Å². The summed E-state index contributed by atoms with van der Waals surface area (Å²) < 4.78 is 5.61. The first-order valence-corrected chi connectivity index (χ1v) is 14.1. The average Bonchev–Trinajstić information content (AvgIpc) is 2.99. The molecule has 1 amide bonds. The number of halogens is 2. The average molecular weight is 626 g/mol. The van der Waals surface area contributed by atoms with Gasteiger partial charge in [0, 0.05) is 23.2 Å². The van der Waals surface area contributed by atoms with Crippen molar-refractivity contribution in [2.24, 2.45) is 15.5 Å². The zero-order chi connectivity index (χ0) is 31.4. The number of ether oxygens (including phenoxy) is 1. The van der Waals surface area contributed by atoms with Gasteiger partial charge in [-0.15, -0.1) is 0 Å². The molecule has 0 aliphatic heterocycles. The molecule has 3 rings (SSSR count). The molecule has 0 spiro atoms. The van der Waals surface area contributed by atoms with E-state index < -0.39 is 0 Å². The van der Waals surface area contributed by atoms with E-state index in [2.05, 4.69) is 39.5 Å². The van der Waals surface area contributed by atoms with E-state index in [1.54, 1.807) is 32.2 Å². The van der Waals surface area contributed by atoms with Crippen molar-refractivity contribution in [1.29, 1.82) is 0 Å². The number of hydrogen-bond donors (Lipinski definition) is 1. The van der Waals surface area contributed by atoms with E-state index >= 15 is 0 Å². The van der Waals surface area contributed by atoms with E-state index in [4.69, 9.17) is 42.5 Å². The van der Waals surface area contributed by atoms with Crippen LogP contribution in [0.3, 0.4) is 0 Å². The maximum atomic E-state index is 12.5. The van der Waals surface area contributed by atoms with E-state index in [0.29, 0.717) is 40.1 Å². The molecule has 0 fully saturated rings. The molecule has 0 radical (unpaired) electrons. The highest BCUT2D eigenvalue weighted by Gasteiger charge is 2.25. The number of oxime groups is 3. The number of amides is 1. The topological polar surface area (TPSA) is 103 Å². The van der Waals surface area contributed by atoms with Crippen molar-refractivity contribution in [2.45, 2.75) is 33.6 Å². The van der Waals surface area contributed by atoms with Crippen LogP contribution in [0.4, 0.5) is 0 Å². The van der Waals surface area contributed by atoms with Crippen LogP contribution in [-0.4, -0.2) is 57.5 Å². The molecule has 0 aromatic heterocycles. The van der Waals surface area contributed by atoms with Gasteiger partial charge in [-0.25, -0.2) is 0 Å². The van der Waals surface area contributed by atoms with Gasteiger partial charge in [-0.2, -0.15) is 0 Å². The van der Waals surface area contributed by atoms with E-state index in [9.17, 15) is 4.79 Å². The molecular weight excluding hydrogens is 591 g/mol. The normalized spacial score (nSPS) is 14.2. The molecular formula is C32H34Cl2N4O5. The maximum absolute atomic E-state index is 12.5. The predicted molar refractivity (Wildman–Crippen MR) is 171 cm³/mol. The van der Waals surface area contributed by atoms with E-state index in [-0.39, 0.29) is 24.8 Å². The summed E-state index contributed by atoms with van der Waals surface area (Å²) in [4.78, 5) is 28.3. The Morgan fingerprint density at radius 1 is 0.953 bits per heavy atom. The van der Waals surface area contributed by atoms with Crippen molar-refractivity contribution in [3.05, 3.63) is 85.9 Å². The summed E-state index contributed by atoms with van der Waals surface area (Å²) >= 11 is 12.0. The second-order valence-corrected chi connectivity index (χ2v) is 10.4. The quantitative estimate of drug-likeness (QED) is 0.136. The van der Waals surface area contributed by atoms with Crippen molar-refractivity contribution in [3.63, 3.8) is 0 Å². The fraction of sp³-hybridized carbons (Fsp3) is 0.312. The smallest absolute Gasteiger partial charge is 0.273 e.